The van der Waals surface area contributed by atoms with E-state index in [4.69, 9.17) is 0 Å². The normalized spacial score (nSPS) is 30.7. The summed E-state index contributed by atoms with van der Waals surface area (Å²) in [5.74, 6) is 1.04. The molecule has 0 bridgehead atoms. The Bertz CT molecular complexity index is 238. The van der Waals surface area contributed by atoms with Crippen molar-refractivity contribution in [1.29, 1.82) is 0 Å². The second-order valence-corrected chi connectivity index (χ2v) is 5.46. The Morgan fingerprint density at radius 3 is 2.54 bits per heavy atom. The number of rotatable bonds is 1. The molecule has 2 aliphatic rings. The lowest BCUT2D eigenvalue weighted by atomic mass is 9.88. The minimum absolute atomic E-state index is 0.192. The standard InChI is InChI=1S/C11H16OS/c1-8-10(12)7-11(13-8)9-5-3-2-4-6-9/h7-9H,2-6H2,1H3. The molecule has 0 amide bonds. The predicted octanol–water partition coefficient (Wildman–Crippen LogP) is 3.16. The Kier molecular flexibility index (Phi) is 2.77. The summed E-state index contributed by atoms with van der Waals surface area (Å²) in [5.41, 5.74) is 0. The summed E-state index contributed by atoms with van der Waals surface area (Å²) in [6.45, 7) is 2.01. The van der Waals surface area contributed by atoms with Gasteiger partial charge < -0.3 is 0 Å². The summed E-state index contributed by atoms with van der Waals surface area (Å²) in [7, 11) is 0. The van der Waals surface area contributed by atoms with Crippen molar-refractivity contribution in [3.63, 3.8) is 0 Å². The van der Waals surface area contributed by atoms with Crippen molar-refractivity contribution in [2.24, 2.45) is 5.92 Å². The fourth-order valence-electron chi connectivity index (χ4n) is 2.15. The van der Waals surface area contributed by atoms with Crippen molar-refractivity contribution in [2.75, 3.05) is 0 Å². The van der Waals surface area contributed by atoms with E-state index >= 15 is 0 Å². The van der Waals surface area contributed by atoms with E-state index in [-0.39, 0.29) is 5.25 Å². The van der Waals surface area contributed by atoms with Gasteiger partial charge in [-0.3, -0.25) is 4.79 Å². The Morgan fingerprint density at radius 2 is 2.00 bits per heavy atom. The van der Waals surface area contributed by atoms with Gasteiger partial charge in [0.25, 0.3) is 0 Å². The summed E-state index contributed by atoms with van der Waals surface area (Å²) < 4.78 is 0. The van der Waals surface area contributed by atoms with E-state index in [1.54, 1.807) is 11.8 Å². The lowest BCUT2D eigenvalue weighted by Gasteiger charge is -2.22. The van der Waals surface area contributed by atoms with Gasteiger partial charge in [-0.2, -0.15) is 0 Å². The van der Waals surface area contributed by atoms with Crippen molar-refractivity contribution in [3.05, 3.63) is 11.0 Å². The van der Waals surface area contributed by atoms with Gasteiger partial charge in [0.15, 0.2) is 5.78 Å². The number of carbonyl (C=O) groups excluding carboxylic acids is 1. The molecule has 1 aliphatic carbocycles. The molecular formula is C11H16OS. The van der Waals surface area contributed by atoms with Crippen LogP contribution in [-0.2, 0) is 4.79 Å². The molecule has 1 fully saturated rings. The maximum atomic E-state index is 11.3. The summed E-state index contributed by atoms with van der Waals surface area (Å²) in [6, 6.07) is 0. The van der Waals surface area contributed by atoms with Crippen molar-refractivity contribution in [1.82, 2.24) is 0 Å². The third kappa shape index (κ3) is 1.98. The summed E-state index contributed by atoms with van der Waals surface area (Å²) >= 11 is 1.79. The first-order chi connectivity index (χ1) is 6.27. The quantitative estimate of drug-likeness (QED) is 0.641. The van der Waals surface area contributed by atoms with Gasteiger partial charge in [0.05, 0.1) is 5.25 Å². The lowest BCUT2D eigenvalue weighted by molar-refractivity contribution is -0.113. The van der Waals surface area contributed by atoms with Crippen LogP contribution in [0.3, 0.4) is 0 Å². The fraction of sp³-hybridized carbons (Fsp3) is 0.727. The van der Waals surface area contributed by atoms with E-state index in [1.807, 2.05) is 13.0 Å². The number of ketones is 1. The van der Waals surface area contributed by atoms with E-state index in [1.165, 1.54) is 37.0 Å². The van der Waals surface area contributed by atoms with E-state index < -0.39 is 0 Å². The van der Waals surface area contributed by atoms with Gasteiger partial charge in [-0.1, -0.05) is 19.3 Å². The molecule has 0 spiro atoms. The van der Waals surface area contributed by atoms with Crippen molar-refractivity contribution in [3.8, 4) is 0 Å². The summed E-state index contributed by atoms with van der Waals surface area (Å²) in [6.07, 6.45) is 8.59. The Balaban J connectivity index is 2.01. The van der Waals surface area contributed by atoms with Gasteiger partial charge in [-0.25, -0.2) is 0 Å². The first kappa shape index (κ1) is 9.32. The van der Waals surface area contributed by atoms with Crippen molar-refractivity contribution in [2.45, 2.75) is 44.3 Å². The number of carbonyl (C=O) groups is 1. The molecule has 0 aromatic heterocycles. The van der Waals surface area contributed by atoms with Crippen molar-refractivity contribution < 1.29 is 4.79 Å². The lowest BCUT2D eigenvalue weighted by Crippen LogP contribution is -2.06. The SMILES string of the molecule is CC1SC(C2CCCCC2)=CC1=O. The molecule has 72 valence electrons. The minimum atomic E-state index is 0.192. The average molecular weight is 196 g/mol. The van der Waals surface area contributed by atoms with Gasteiger partial charge in [-0.15, -0.1) is 11.8 Å². The van der Waals surface area contributed by atoms with Crippen LogP contribution in [0.15, 0.2) is 11.0 Å². The van der Waals surface area contributed by atoms with Crippen LogP contribution in [0.5, 0.6) is 0 Å². The second-order valence-electron chi connectivity index (χ2n) is 4.04. The molecule has 2 rings (SSSR count). The molecular weight excluding hydrogens is 180 g/mol. The molecule has 1 saturated carbocycles. The van der Waals surface area contributed by atoms with Gasteiger partial charge in [-0.05, 0) is 36.7 Å². The summed E-state index contributed by atoms with van der Waals surface area (Å²) in [5, 5.41) is 0.192. The van der Waals surface area contributed by atoms with Gasteiger partial charge in [0.1, 0.15) is 0 Å². The number of allylic oxidation sites excluding steroid dienone is 2. The highest BCUT2D eigenvalue weighted by Gasteiger charge is 2.27. The smallest absolute Gasteiger partial charge is 0.169 e. The van der Waals surface area contributed by atoms with Crippen LogP contribution in [0.25, 0.3) is 0 Å². The highest BCUT2D eigenvalue weighted by molar-refractivity contribution is 8.04. The molecule has 13 heavy (non-hydrogen) atoms. The molecule has 1 aliphatic heterocycles. The molecule has 0 aromatic carbocycles. The fourth-order valence-corrected chi connectivity index (χ4v) is 3.36. The number of hydrogen-bond donors (Lipinski definition) is 0. The molecule has 0 aromatic rings. The monoisotopic (exact) mass is 196 g/mol. The van der Waals surface area contributed by atoms with E-state index in [0.29, 0.717) is 11.7 Å². The number of hydrogen-bond acceptors (Lipinski definition) is 2. The Hall–Kier alpha value is -0.240. The summed E-state index contributed by atoms with van der Waals surface area (Å²) in [4.78, 5) is 12.7. The first-order valence-electron chi connectivity index (χ1n) is 5.19. The van der Waals surface area contributed by atoms with Crippen LogP contribution in [-0.4, -0.2) is 11.0 Å². The highest BCUT2D eigenvalue weighted by atomic mass is 32.2. The van der Waals surface area contributed by atoms with Gasteiger partial charge >= 0.3 is 0 Å². The maximum Gasteiger partial charge on any atom is 0.169 e. The second kappa shape index (κ2) is 3.87. The van der Waals surface area contributed by atoms with Crippen LogP contribution >= 0.6 is 11.8 Å². The zero-order valence-corrected chi connectivity index (χ0v) is 8.90. The van der Waals surface area contributed by atoms with Gasteiger partial charge in [0.2, 0.25) is 0 Å². The highest BCUT2D eigenvalue weighted by Crippen LogP contribution is 2.41. The number of thioether (sulfide) groups is 1. The third-order valence-electron chi connectivity index (χ3n) is 3.01. The Morgan fingerprint density at radius 1 is 1.31 bits per heavy atom. The molecule has 1 heterocycles. The Labute approximate surface area is 84.0 Å². The molecule has 0 radical (unpaired) electrons. The van der Waals surface area contributed by atoms with Crippen LogP contribution in [0.4, 0.5) is 0 Å². The minimum Gasteiger partial charge on any atom is -0.294 e. The van der Waals surface area contributed by atoms with Gasteiger partial charge in [0, 0.05) is 0 Å². The topological polar surface area (TPSA) is 17.1 Å². The van der Waals surface area contributed by atoms with Crippen molar-refractivity contribution >= 4 is 17.5 Å². The molecule has 0 N–H and O–H groups in total. The van der Waals surface area contributed by atoms with Crippen LogP contribution in [0.2, 0.25) is 0 Å². The largest absolute Gasteiger partial charge is 0.294 e. The predicted molar refractivity (Wildman–Crippen MR) is 56.7 cm³/mol. The van der Waals surface area contributed by atoms with E-state index in [0.717, 1.165) is 0 Å². The third-order valence-corrected chi connectivity index (χ3v) is 4.31. The maximum absolute atomic E-state index is 11.3. The zero-order valence-electron chi connectivity index (χ0n) is 8.08. The molecule has 1 atom stereocenters. The van der Waals surface area contributed by atoms with Crippen LogP contribution in [0.1, 0.15) is 39.0 Å². The molecule has 1 unspecified atom stereocenters. The van der Waals surface area contributed by atoms with E-state index in [9.17, 15) is 4.79 Å². The van der Waals surface area contributed by atoms with E-state index in [2.05, 4.69) is 0 Å². The molecule has 2 heteroatoms. The van der Waals surface area contributed by atoms with Crippen LogP contribution < -0.4 is 0 Å². The molecule has 0 saturated heterocycles. The van der Waals surface area contributed by atoms with Crippen LogP contribution in [0, 0.1) is 5.92 Å². The molecule has 1 nitrogen and oxygen atoms in total. The first-order valence-corrected chi connectivity index (χ1v) is 6.07. The average Bonchev–Trinajstić information content (AvgIpc) is 2.49. The zero-order chi connectivity index (χ0) is 9.26.